The Morgan fingerprint density at radius 2 is 1.70 bits per heavy atom. The van der Waals surface area contributed by atoms with Crippen LogP contribution in [0, 0.1) is 0 Å². The molecular weight excluding hydrogens is 366 g/mol. The Labute approximate surface area is 158 Å². The van der Waals surface area contributed by atoms with Crippen LogP contribution in [0.4, 0.5) is 17.1 Å². The topological polar surface area (TPSA) is 104 Å². The van der Waals surface area contributed by atoms with Gasteiger partial charge in [-0.05, 0) is 48.0 Å². The van der Waals surface area contributed by atoms with Crippen molar-refractivity contribution in [3.63, 3.8) is 0 Å². The maximum atomic E-state index is 12.8. The van der Waals surface area contributed by atoms with Crippen molar-refractivity contribution < 1.29 is 18.0 Å². The fourth-order valence-electron chi connectivity index (χ4n) is 3.09. The van der Waals surface area contributed by atoms with Crippen molar-refractivity contribution in [3.8, 4) is 0 Å². The van der Waals surface area contributed by atoms with Crippen molar-refractivity contribution in [1.29, 1.82) is 0 Å². The SMILES string of the molecule is CC(=O)Nc1ccc(NS(=O)(=O)c2ccc3c(c2)C(C)(C)CC(=O)N3)cc1. The van der Waals surface area contributed by atoms with Gasteiger partial charge in [0.2, 0.25) is 11.8 Å². The Morgan fingerprint density at radius 1 is 1.07 bits per heavy atom. The molecule has 1 aliphatic rings. The number of sulfonamides is 1. The van der Waals surface area contributed by atoms with E-state index in [1.54, 1.807) is 36.4 Å². The van der Waals surface area contributed by atoms with Gasteiger partial charge in [-0.3, -0.25) is 14.3 Å². The predicted octanol–water partition coefficient (Wildman–Crippen LogP) is 3.07. The van der Waals surface area contributed by atoms with Gasteiger partial charge in [0.15, 0.2) is 0 Å². The molecule has 2 amide bonds. The minimum Gasteiger partial charge on any atom is -0.326 e. The van der Waals surface area contributed by atoms with Gasteiger partial charge in [0.1, 0.15) is 0 Å². The summed E-state index contributed by atoms with van der Waals surface area (Å²) in [6, 6.07) is 11.1. The summed E-state index contributed by atoms with van der Waals surface area (Å²) in [7, 11) is -3.80. The molecule has 27 heavy (non-hydrogen) atoms. The van der Waals surface area contributed by atoms with Crippen molar-refractivity contribution in [3.05, 3.63) is 48.0 Å². The second-order valence-electron chi connectivity index (χ2n) is 7.18. The largest absolute Gasteiger partial charge is 0.326 e. The van der Waals surface area contributed by atoms with Crippen molar-refractivity contribution in [2.75, 3.05) is 15.4 Å². The van der Waals surface area contributed by atoms with E-state index < -0.39 is 15.4 Å². The van der Waals surface area contributed by atoms with Crippen molar-refractivity contribution >= 4 is 38.9 Å². The molecule has 0 bridgehead atoms. The lowest BCUT2D eigenvalue weighted by Crippen LogP contribution is -2.32. The Balaban J connectivity index is 1.87. The standard InChI is InChI=1S/C19H21N3O4S/c1-12(23)20-13-4-6-14(7-5-13)22-27(25,26)15-8-9-17-16(10-15)19(2,3)11-18(24)21-17/h4-10,22H,11H2,1-3H3,(H,20,23)(H,21,24). The summed E-state index contributed by atoms with van der Waals surface area (Å²) >= 11 is 0. The summed E-state index contributed by atoms with van der Waals surface area (Å²) in [5, 5.41) is 5.40. The number of anilines is 3. The summed E-state index contributed by atoms with van der Waals surface area (Å²) < 4.78 is 28.0. The van der Waals surface area contributed by atoms with Crippen LogP contribution in [0.5, 0.6) is 0 Å². The molecule has 2 aromatic carbocycles. The average Bonchev–Trinajstić information content (AvgIpc) is 2.54. The summed E-state index contributed by atoms with van der Waals surface area (Å²) in [6.45, 7) is 5.22. The van der Waals surface area contributed by atoms with Crippen molar-refractivity contribution in [2.45, 2.75) is 37.5 Å². The zero-order chi connectivity index (χ0) is 19.8. The van der Waals surface area contributed by atoms with Gasteiger partial charge >= 0.3 is 0 Å². The minimum atomic E-state index is -3.80. The molecule has 1 heterocycles. The molecule has 7 nitrogen and oxygen atoms in total. The van der Waals surface area contributed by atoms with Gasteiger partial charge in [0.25, 0.3) is 10.0 Å². The van der Waals surface area contributed by atoms with Crippen LogP contribution >= 0.6 is 0 Å². The van der Waals surface area contributed by atoms with E-state index in [2.05, 4.69) is 15.4 Å². The molecule has 0 saturated carbocycles. The molecule has 8 heteroatoms. The smallest absolute Gasteiger partial charge is 0.261 e. The first-order valence-electron chi connectivity index (χ1n) is 8.42. The van der Waals surface area contributed by atoms with E-state index in [9.17, 15) is 18.0 Å². The number of hydrogen-bond acceptors (Lipinski definition) is 4. The molecular formula is C19H21N3O4S. The molecule has 0 unspecified atom stereocenters. The van der Waals surface area contributed by atoms with Gasteiger partial charge in [0.05, 0.1) is 4.90 Å². The fourth-order valence-corrected chi connectivity index (χ4v) is 4.17. The number of hydrogen-bond donors (Lipinski definition) is 3. The second-order valence-corrected chi connectivity index (χ2v) is 8.86. The molecule has 0 saturated heterocycles. The molecule has 0 spiro atoms. The van der Waals surface area contributed by atoms with Crippen molar-refractivity contribution in [1.82, 2.24) is 0 Å². The van der Waals surface area contributed by atoms with Gasteiger partial charge in [-0.25, -0.2) is 8.42 Å². The van der Waals surface area contributed by atoms with Gasteiger partial charge in [-0.2, -0.15) is 0 Å². The molecule has 0 aromatic heterocycles. The highest BCUT2D eigenvalue weighted by Crippen LogP contribution is 2.38. The van der Waals surface area contributed by atoms with Crippen LogP contribution in [0.1, 0.15) is 32.8 Å². The number of carbonyl (C=O) groups excluding carboxylic acids is 2. The van der Waals surface area contributed by atoms with Crippen LogP contribution in [0.15, 0.2) is 47.4 Å². The maximum absolute atomic E-state index is 12.8. The number of fused-ring (bicyclic) bond motifs is 1. The van der Waals surface area contributed by atoms with E-state index >= 15 is 0 Å². The van der Waals surface area contributed by atoms with E-state index in [4.69, 9.17) is 0 Å². The van der Waals surface area contributed by atoms with Gasteiger partial charge in [0, 0.05) is 35.8 Å². The summed E-state index contributed by atoms with van der Waals surface area (Å²) in [6.07, 6.45) is 0.293. The molecule has 1 aliphatic heterocycles. The number of benzene rings is 2. The first-order valence-corrected chi connectivity index (χ1v) is 9.90. The third kappa shape index (κ3) is 4.11. The number of amides is 2. The molecule has 2 aromatic rings. The number of nitrogens with one attached hydrogen (secondary N) is 3. The summed E-state index contributed by atoms with van der Waals surface area (Å²) in [4.78, 5) is 23.0. The normalized spacial score (nSPS) is 15.4. The maximum Gasteiger partial charge on any atom is 0.261 e. The molecule has 3 rings (SSSR count). The average molecular weight is 387 g/mol. The highest BCUT2D eigenvalue weighted by Gasteiger charge is 2.33. The zero-order valence-electron chi connectivity index (χ0n) is 15.3. The van der Waals surface area contributed by atoms with Crippen LogP contribution in [0.25, 0.3) is 0 Å². The molecule has 0 radical (unpaired) electrons. The Kier molecular flexibility index (Phi) is 4.69. The number of carbonyl (C=O) groups is 2. The first-order chi connectivity index (χ1) is 12.6. The van der Waals surface area contributed by atoms with Crippen LogP contribution in [-0.2, 0) is 25.0 Å². The van der Waals surface area contributed by atoms with Gasteiger partial charge < -0.3 is 10.6 Å². The lowest BCUT2D eigenvalue weighted by molar-refractivity contribution is -0.117. The Bertz CT molecular complexity index is 1010. The van der Waals surface area contributed by atoms with Gasteiger partial charge in [-0.1, -0.05) is 13.8 Å². The number of rotatable bonds is 4. The quantitative estimate of drug-likeness (QED) is 0.750. The van der Waals surface area contributed by atoms with Crippen LogP contribution in [0.3, 0.4) is 0 Å². The predicted molar refractivity (Wildman–Crippen MR) is 104 cm³/mol. The van der Waals surface area contributed by atoms with E-state index in [1.807, 2.05) is 13.8 Å². The third-order valence-corrected chi connectivity index (χ3v) is 5.74. The van der Waals surface area contributed by atoms with Crippen LogP contribution < -0.4 is 15.4 Å². The van der Waals surface area contributed by atoms with E-state index in [0.29, 0.717) is 23.5 Å². The molecule has 3 N–H and O–H groups in total. The molecule has 0 fully saturated rings. The Morgan fingerprint density at radius 3 is 2.33 bits per heavy atom. The lowest BCUT2D eigenvalue weighted by atomic mass is 9.78. The van der Waals surface area contributed by atoms with E-state index in [0.717, 1.165) is 5.56 Å². The third-order valence-electron chi connectivity index (χ3n) is 4.36. The molecule has 0 aliphatic carbocycles. The van der Waals surface area contributed by atoms with E-state index in [1.165, 1.54) is 13.0 Å². The minimum absolute atomic E-state index is 0.0829. The van der Waals surface area contributed by atoms with Gasteiger partial charge in [-0.15, -0.1) is 0 Å². The summed E-state index contributed by atoms with van der Waals surface area (Å²) in [5.41, 5.74) is 1.93. The lowest BCUT2D eigenvalue weighted by Gasteiger charge is -2.32. The van der Waals surface area contributed by atoms with Crippen LogP contribution in [0.2, 0.25) is 0 Å². The fraction of sp³-hybridized carbons (Fsp3) is 0.263. The Hall–Kier alpha value is -2.87. The zero-order valence-corrected chi connectivity index (χ0v) is 16.1. The first kappa shape index (κ1) is 18.9. The highest BCUT2D eigenvalue weighted by molar-refractivity contribution is 7.92. The highest BCUT2D eigenvalue weighted by atomic mass is 32.2. The van der Waals surface area contributed by atoms with Crippen molar-refractivity contribution in [2.24, 2.45) is 0 Å². The monoisotopic (exact) mass is 387 g/mol. The summed E-state index contributed by atoms with van der Waals surface area (Å²) in [5.74, 6) is -0.285. The van der Waals surface area contributed by atoms with Crippen LogP contribution in [-0.4, -0.2) is 20.2 Å². The second kappa shape index (κ2) is 6.70. The molecule has 142 valence electrons. The molecule has 0 atom stereocenters. The van der Waals surface area contributed by atoms with E-state index in [-0.39, 0.29) is 16.7 Å².